The van der Waals surface area contributed by atoms with E-state index in [2.05, 4.69) is 0 Å². The van der Waals surface area contributed by atoms with Crippen molar-refractivity contribution in [3.8, 4) is 5.75 Å². The molecule has 0 spiro atoms. The summed E-state index contributed by atoms with van der Waals surface area (Å²) in [4.78, 5) is 10.9. The lowest BCUT2D eigenvalue weighted by Crippen LogP contribution is -2.16. The van der Waals surface area contributed by atoms with Crippen molar-refractivity contribution in [1.82, 2.24) is 0 Å². The van der Waals surface area contributed by atoms with Crippen molar-refractivity contribution < 1.29 is 31.5 Å². The molecule has 0 N–H and O–H groups in total. The fraction of sp³-hybridized carbons (Fsp3) is 0.188. The summed E-state index contributed by atoms with van der Waals surface area (Å²) in [5.41, 5.74) is -3.02. The molecule has 7 heteroatoms. The van der Waals surface area contributed by atoms with E-state index in [1.807, 2.05) is 0 Å². The predicted molar refractivity (Wildman–Crippen MR) is 72.3 cm³/mol. The van der Waals surface area contributed by atoms with E-state index in [0.717, 1.165) is 6.92 Å². The number of halogens is 5. The molecule has 0 amide bonds. The standard InChI is InChI=1S/C16H11F5O2/c1-9-12(16(19,20)21)15(11(7-22)14(18)13(9)17)23-8-10-5-3-2-4-6-10/h2-7H,8H2,1H3. The molecule has 0 aromatic heterocycles. The number of rotatable bonds is 4. The van der Waals surface area contributed by atoms with E-state index < -0.39 is 40.3 Å². The molecule has 0 unspecified atom stereocenters. The van der Waals surface area contributed by atoms with Crippen molar-refractivity contribution in [1.29, 1.82) is 0 Å². The molecule has 0 radical (unpaired) electrons. The maximum absolute atomic E-state index is 13.8. The summed E-state index contributed by atoms with van der Waals surface area (Å²) < 4.78 is 72.0. The Morgan fingerprint density at radius 3 is 2.22 bits per heavy atom. The summed E-state index contributed by atoms with van der Waals surface area (Å²) in [6.45, 7) is 0.459. The van der Waals surface area contributed by atoms with Gasteiger partial charge >= 0.3 is 6.18 Å². The van der Waals surface area contributed by atoms with Gasteiger partial charge in [-0.25, -0.2) is 8.78 Å². The summed E-state index contributed by atoms with van der Waals surface area (Å²) >= 11 is 0. The van der Waals surface area contributed by atoms with Gasteiger partial charge in [0, 0.05) is 5.56 Å². The van der Waals surface area contributed by atoms with E-state index in [9.17, 15) is 26.7 Å². The van der Waals surface area contributed by atoms with Gasteiger partial charge in [-0.1, -0.05) is 30.3 Å². The summed E-state index contributed by atoms with van der Waals surface area (Å²) in [7, 11) is 0. The molecular weight excluding hydrogens is 319 g/mol. The molecule has 23 heavy (non-hydrogen) atoms. The molecule has 0 atom stereocenters. The van der Waals surface area contributed by atoms with Gasteiger partial charge in [0.05, 0.1) is 5.56 Å². The van der Waals surface area contributed by atoms with Crippen LogP contribution in [0.25, 0.3) is 0 Å². The summed E-state index contributed by atoms with van der Waals surface area (Å²) in [6.07, 6.45) is -5.18. The van der Waals surface area contributed by atoms with Crippen LogP contribution >= 0.6 is 0 Å². The van der Waals surface area contributed by atoms with E-state index in [-0.39, 0.29) is 12.9 Å². The Bertz CT molecular complexity index is 724. The zero-order chi connectivity index (χ0) is 17.2. The number of carbonyl (C=O) groups excluding carboxylic acids is 1. The van der Waals surface area contributed by atoms with Crippen LogP contribution in [0.15, 0.2) is 30.3 Å². The first-order chi connectivity index (χ1) is 10.8. The first-order valence-corrected chi connectivity index (χ1v) is 6.48. The van der Waals surface area contributed by atoms with Crippen molar-refractivity contribution in [3.63, 3.8) is 0 Å². The molecule has 0 aliphatic heterocycles. The fourth-order valence-corrected chi connectivity index (χ4v) is 2.12. The molecule has 0 fully saturated rings. The Hall–Kier alpha value is -2.44. The van der Waals surface area contributed by atoms with Crippen molar-refractivity contribution >= 4 is 6.29 Å². The second-order valence-corrected chi connectivity index (χ2v) is 4.76. The van der Waals surface area contributed by atoms with Crippen LogP contribution in [0.1, 0.15) is 27.0 Å². The van der Waals surface area contributed by atoms with E-state index in [4.69, 9.17) is 4.74 Å². The highest BCUT2D eigenvalue weighted by molar-refractivity contribution is 5.81. The molecule has 2 nitrogen and oxygen atoms in total. The summed E-state index contributed by atoms with van der Waals surface area (Å²) in [5.74, 6) is -4.38. The lowest BCUT2D eigenvalue weighted by molar-refractivity contribution is -0.139. The Kier molecular flexibility index (Phi) is 4.68. The van der Waals surface area contributed by atoms with E-state index in [1.54, 1.807) is 30.3 Å². The highest BCUT2D eigenvalue weighted by Crippen LogP contribution is 2.42. The van der Waals surface area contributed by atoms with Crippen molar-refractivity contribution in [2.24, 2.45) is 0 Å². The van der Waals surface area contributed by atoms with Crippen LogP contribution in [0.5, 0.6) is 5.75 Å². The fourth-order valence-electron chi connectivity index (χ4n) is 2.12. The maximum atomic E-state index is 13.8. The molecule has 2 rings (SSSR count). The second-order valence-electron chi connectivity index (χ2n) is 4.76. The number of carbonyl (C=O) groups is 1. The number of alkyl halides is 3. The van der Waals surface area contributed by atoms with Crippen LogP contribution in [0, 0.1) is 18.6 Å². The van der Waals surface area contributed by atoms with Gasteiger partial charge in [-0.2, -0.15) is 13.2 Å². The lowest BCUT2D eigenvalue weighted by Gasteiger charge is -2.19. The zero-order valence-corrected chi connectivity index (χ0v) is 11.9. The molecule has 0 aliphatic rings. The maximum Gasteiger partial charge on any atom is 0.420 e. The van der Waals surface area contributed by atoms with Gasteiger partial charge in [-0.05, 0) is 12.5 Å². The van der Waals surface area contributed by atoms with Gasteiger partial charge in [0.25, 0.3) is 0 Å². The zero-order valence-electron chi connectivity index (χ0n) is 11.9. The summed E-state index contributed by atoms with van der Waals surface area (Å²) in [5, 5.41) is 0. The van der Waals surface area contributed by atoms with Crippen LogP contribution in [0.2, 0.25) is 0 Å². The first kappa shape index (κ1) is 16.9. The molecule has 2 aromatic rings. The molecule has 0 heterocycles. The molecule has 0 aliphatic carbocycles. The third-order valence-electron chi connectivity index (χ3n) is 3.23. The highest BCUT2D eigenvalue weighted by atomic mass is 19.4. The average Bonchev–Trinajstić information content (AvgIpc) is 2.50. The quantitative estimate of drug-likeness (QED) is 0.601. The smallest absolute Gasteiger partial charge is 0.420 e. The molecule has 0 saturated carbocycles. The normalized spacial score (nSPS) is 11.4. The third-order valence-corrected chi connectivity index (χ3v) is 3.23. The predicted octanol–water partition coefficient (Wildman–Crippen LogP) is 4.68. The lowest BCUT2D eigenvalue weighted by atomic mass is 10.0. The van der Waals surface area contributed by atoms with Gasteiger partial charge in [0.15, 0.2) is 17.9 Å². The van der Waals surface area contributed by atoms with Gasteiger partial charge < -0.3 is 4.74 Å². The van der Waals surface area contributed by atoms with Crippen LogP contribution in [0.3, 0.4) is 0 Å². The minimum atomic E-state index is -5.00. The summed E-state index contributed by atoms with van der Waals surface area (Å²) in [6, 6.07) is 8.14. The van der Waals surface area contributed by atoms with Crippen LogP contribution < -0.4 is 4.74 Å². The number of aldehydes is 1. The van der Waals surface area contributed by atoms with E-state index >= 15 is 0 Å². The Morgan fingerprint density at radius 1 is 1.09 bits per heavy atom. The van der Waals surface area contributed by atoms with E-state index in [1.165, 1.54) is 0 Å². The molecular formula is C16H11F5O2. The first-order valence-electron chi connectivity index (χ1n) is 6.48. The van der Waals surface area contributed by atoms with Crippen LogP contribution in [-0.4, -0.2) is 6.29 Å². The number of hydrogen-bond donors (Lipinski definition) is 0. The Morgan fingerprint density at radius 2 is 1.70 bits per heavy atom. The minimum Gasteiger partial charge on any atom is -0.487 e. The number of benzene rings is 2. The van der Waals surface area contributed by atoms with Gasteiger partial charge in [0.2, 0.25) is 0 Å². The molecule has 2 aromatic carbocycles. The van der Waals surface area contributed by atoms with E-state index in [0.29, 0.717) is 5.56 Å². The van der Waals surface area contributed by atoms with Gasteiger partial charge in [-0.3, -0.25) is 4.79 Å². The van der Waals surface area contributed by atoms with Crippen LogP contribution in [-0.2, 0) is 12.8 Å². The Labute approximate surface area is 128 Å². The molecule has 0 saturated heterocycles. The average molecular weight is 330 g/mol. The SMILES string of the molecule is Cc1c(F)c(F)c(C=O)c(OCc2ccccc2)c1C(F)(F)F. The third kappa shape index (κ3) is 3.33. The largest absolute Gasteiger partial charge is 0.487 e. The number of hydrogen-bond acceptors (Lipinski definition) is 2. The minimum absolute atomic E-state index is 0.187. The van der Waals surface area contributed by atoms with Crippen LogP contribution in [0.4, 0.5) is 22.0 Å². The highest BCUT2D eigenvalue weighted by Gasteiger charge is 2.40. The van der Waals surface area contributed by atoms with Crippen molar-refractivity contribution in [3.05, 3.63) is 64.2 Å². The Balaban J connectivity index is 2.57. The van der Waals surface area contributed by atoms with Crippen molar-refractivity contribution in [2.45, 2.75) is 19.7 Å². The molecule has 0 bridgehead atoms. The van der Waals surface area contributed by atoms with Gasteiger partial charge in [0.1, 0.15) is 17.9 Å². The monoisotopic (exact) mass is 330 g/mol. The molecule has 122 valence electrons. The number of ether oxygens (including phenoxy) is 1. The van der Waals surface area contributed by atoms with Gasteiger partial charge in [-0.15, -0.1) is 0 Å². The van der Waals surface area contributed by atoms with Crippen molar-refractivity contribution in [2.75, 3.05) is 0 Å². The second kappa shape index (κ2) is 6.36. The topological polar surface area (TPSA) is 26.3 Å².